The summed E-state index contributed by atoms with van der Waals surface area (Å²) in [6.07, 6.45) is 1.44. The van der Waals surface area contributed by atoms with Crippen molar-refractivity contribution in [1.82, 2.24) is 19.4 Å². The highest BCUT2D eigenvalue weighted by molar-refractivity contribution is 6.05. The van der Waals surface area contributed by atoms with E-state index in [4.69, 9.17) is 9.47 Å². The van der Waals surface area contributed by atoms with Gasteiger partial charge in [0.2, 0.25) is 5.91 Å². The number of aromatic amines is 1. The number of piperazine rings is 1. The van der Waals surface area contributed by atoms with E-state index in [0.717, 1.165) is 18.5 Å². The summed E-state index contributed by atoms with van der Waals surface area (Å²) in [6, 6.07) is 9.89. The molecule has 182 valence electrons. The van der Waals surface area contributed by atoms with Crippen molar-refractivity contribution in [2.75, 3.05) is 45.3 Å². The summed E-state index contributed by atoms with van der Waals surface area (Å²) in [7, 11) is 3.12. The first-order chi connectivity index (χ1) is 16.9. The lowest BCUT2D eigenvalue weighted by molar-refractivity contribution is -0.132. The third-order valence-corrected chi connectivity index (χ3v) is 6.93. The Kier molecular flexibility index (Phi) is 5.84. The summed E-state index contributed by atoms with van der Waals surface area (Å²) in [5.41, 5.74) is 5.07. The van der Waals surface area contributed by atoms with Gasteiger partial charge in [-0.05, 0) is 37.1 Å². The molecule has 0 radical (unpaired) electrons. The Balaban J connectivity index is 1.34. The Morgan fingerprint density at radius 2 is 1.77 bits per heavy atom. The third-order valence-electron chi connectivity index (χ3n) is 6.93. The van der Waals surface area contributed by atoms with Crippen molar-refractivity contribution < 1.29 is 14.3 Å². The number of fused-ring (bicyclic) bond motifs is 3. The number of aromatic nitrogens is 3. The van der Waals surface area contributed by atoms with Gasteiger partial charge in [0.05, 0.1) is 26.1 Å². The second-order valence-electron chi connectivity index (χ2n) is 8.87. The molecule has 1 N–H and O–H groups in total. The first kappa shape index (κ1) is 22.8. The smallest absolute Gasteiger partial charge is 0.278 e. The summed E-state index contributed by atoms with van der Waals surface area (Å²) in [4.78, 5) is 38.0. The van der Waals surface area contributed by atoms with Gasteiger partial charge in [-0.2, -0.15) is 0 Å². The van der Waals surface area contributed by atoms with Gasteiger partial charge in [0.15, 0.2) is 11.5 Å². The number of carbonyl (C=O) groups is 1. The minimum atomic E-state index is -0.286. The number of amides is 1. The molecular weight excluding hydrogens is 446 g/mol. The molecule has 2 aromatic heterocycles. The number of nitrogens with zero attached hydrogens (tertiary/aromatic N) is 4. The molecular formula is C26H29N5O4. The molecule has 0 spiro atoms. The van der Waals surface area contributed by atoms with Gasteiger partial charge in [0, 0.05) is 43.3 Å². The number of rotatable bonds is 5. The first-order valence-corrected chi connectivity index (χ1v) is 11.6. The number of anilines is 1. The Morgan fingerprint density at radius 3 is 2.49 bits per heavy atom. The maximum Gasteiger partial charge on any atom is 0.278 e. The summed E-state index contributed by atoms with van der Waals surface area (Å²) in [5.74, 6) is 1.03. The number of aryl methyl sites for hydroxylation is 1. The zero-order valence-electron chi connectivity index (χ0n) is 20.4. The highest BCUT2D eigenvalue weighted by Crippen LogP contribution is 2.34. The number of ether oxygens (including phenoxy) is 2. The number of hydrogen-bond donors (Lipinski definition) is 1. The SMILES string of the molecule is COc1cc2[nH]c3c(=O)n(CC(=O)N4CCN(c5cccc(C)c5C)CC4)cnc3c2cc1OC. The number of hydrogen-bond acceptors (Lipinski definition) is 6. The molecule has 0 atom stereocenters. The van der Waals surface area contributed by atoms with Crippen LogP contribution in [0.25, 0.3) is 21.9 Å². The molecule has 9 nitrogen and oxygen atoms in total. The van der Waals surface area contributed by atoms with Crippen molar-refractivity contribution >= 4 is 33.5 Å². The summed E-state index contributed by atoms with van der Waals surface area (Å²) in [5, 5.41) is 0.760. The lowest BCUT2D eigenvalue weighted by Gasteiger charge is -2.37. The molecule has 1 aliphatic rings. The molecule has 9 heteroatoms. The van der Waals surface area contributed by atoms with Crippen LogP contribution in [0.3, 0.4) is 0 Å². The minimum absolute atomic E-state index is 0.0484. The van der Waals surface area contributed by atoms with Crippen molar-refractivity contribution in [1.29, 1.82) is 0 Å². The van der Waals surface area contributed by atoms with E-state index < -0.39 is 0 Å². The Labute approximate surface area is 202 Å². The summed E-state index contributed by atoms with van der Waals surface area (Å²) < 4.78 is 12.1. The maximum atomic E-state index is 13.2. The largest absolute Gasteiger partial charge is 0.493 e. The number of nitrogens with one attached hydrogen (secondary N) is 1. The van der Waals surface area contributed by atoms with Crippen LogP contribution in [0.15, 0.2) is 41.5 Å². The average molecular weight is 476 g/mol. The van der Waals surface area contributed by atoms with Crippen molar-refractivity contribution in [3.63, 3.8) is 0 Å². The molecule has 3 heterocycles. The Morgan fingerprint density at radius 1 is 1.06 bits per heavy atom. The molecule has 35 heavy (non-hydrogen) atoms. The highest BCUT2D eigenvalue weighted by Gasteiger charge is 2.23. The molecule has 1 aliphatic heterocycles. The molecule has 4 aromatic rings. The molecule has 1 fully saturated rings. The topological polar surface area (TPSA) is 92.7 Å². The van der Waals surface area contributed by atoms with Gasteiger partial charge in [-0.15, -0.1) is 0 Å². The van der Waals surface area contributed by atoms with Crippen molar-refractivity contribution in [3.05, 3.63) is 58.1 Å². The fraction of sp³-hybridized carbons (Fsp3) is 0.346. The molecule has 5 rings (SSSR count). The predicted octanol–water partition coefficient (Wildman–Crippen LogP) is 2.86. The van der Waals surface area contributed by atoms with Gasteiger partial charge in [0.1, 0.15) is 17.6 Å². The van der Waals surface area contributed by atoms with Crippen LogP contribution < -0.4 is 19.9 Å². The van der Waals surface area contributed by atoms with E-state index >= 15 is 0 Å². The van der Waals surface area contributed by atoms with E-state index in [1.54, 1.807) is 26.4 Å². The normalized spacial score (nSPS) is 14.1. The van der Waals surface area contributed by atoms with Crippen LogP contribution >= 0.6 is 0 Å². The second-order valence-corrected chi connectivity index (χ2v) is 8.87. The highest BCUT2D eigenvalue weighted by atomic mass is 16.5. The first-order valence-electron chi connectivity index (χ1n) is 11.6. The van der Waals surface area contributed by atoms with E-state index in [2.05, 4.69) is 46.9 Å². The van der Waals surface area contributed by atoms with Crippen LogP contribution in [0.5, 0.6) is 11.5 Å². The van der Waals surface area contributed by atoms with Gasteiger partial charge in [-0.3, -0.25) is 14.2 Å². The van der Waals surface area contributed by atoms with Gasteiger partial charge in [-0.1, -0.05) is 12.1 Å². The summed E-state index contributed by atoms with van der Waals surface area (Å²) >= 11 is 0. The number of carbonyl (C=O) groups excluding carboxylic acids is 1. The lowest BCUT2D eigenvalue weighted by Crippen LogP contribution is -2.50. The van der Waals surface area contributed by atoms with Crippen LogP contribution in [0.2, 0.25) is 0 Å². The number of H-pyrrole nitrogens is 1. The van der Waals surface area contributed by atoms with Gasteiger partial charge in [-0.25, -0.2) is 4.98 Å². The third kappa shape index (κ3) is 3.96. The van der Waals surface area contributed by atoms with Gasteiger partial charge >= 0.3 is 0 Å². The van der Waals surface area contributed by atoms with Crippen molar-refractivity contribution in [2.24, 2.45) is 0 Å². The van der Waals surface area contributed by atoms with Crippen molar-refractivity contribution in [3.8, 4) is 11.5 Å². The van der Waals surface area contributed by atoms with E-state index in [9.17, 15) is 9.59 Å². The molecule has 1 saturated heterocycles. The molecule has 0 aliphatic carbocycles. The van der Waals surface area contributed by atoms with E-state index in [0.29, 0.717) is 41.1 Å². The molecule has 1 amide bonds. The Bertz CT molecular complexity index is 1480. The lowest BCUT2D eigenvalue weighted by atomic mass is 10.1. The quantitative estimate of drug-likeness (QED) is 0.477. The zero-order valence-corrected chi connectivity index (χ0v) is 20.4. The molecule has 0 bridgehead atoms. The van der Waals surface area contributed by atoms with Gasteiger partial charge < -0.3 is 24.3 Å². The average Bonchev–Trinajstić information content (AvgIpc) is 3.24. The number of benzene rings is 2. The summed E-state index contributed by atoms with van der Waals surface area (Å²) in [6.45, 7) is 6.94. The van der Waals surface area contributed by atoms with E-state index in [1.807, 2.05) is 4.90 Å². The predicted molar refractivity (Wildman–Crippen MR) is 136 cm³/mol. The van der Waals surface area contributed by atoms with Gasteiger partial charge in [0.25, 0.3) is 5.56 Å². The van der Waals surface area contributed by atoms with Crippen LogP contribution in [0.1, 0.15) is 11.1 Å². The molecule has 2 aromatic carbocycles. The van der Waals surface area contributed by atoms with Crippen LogP contribution in [0.4, 0.5) is 5.69 Å². The minimum Gasteiger partial charge on any atom is -0.493 e. The van der Waals surface area contributed by atoms with Crippen LogP contribution in [0, 0.1) is 13.8 Å². The standard InChI is InChI=1S/C26H29N5O4/c1-16-6-5-7-20(17(16)2)29-8-10-30(11-9-29)23(32)14-31-15-27-24-18-12-21(34-3)22(35-4)13-19(18)28-25(24)26(31)33/h5-7,12-13,15,28H,8-11,14H2,1-4H3. The zero-order chi connectivity index (χ0) is 24.7. The monoisotopic (exact) mass is 475 g/mol. The van der Waals surface area contributed by atoms with Crippen LogP contribution in [-0.2, 0) is 11.3 Å². The second kappa shape index (κ2) is 8.98. The fourth-order valence-electron chi connectivity index (χ4n) is 4.75. The number of methoxy groups -OCH3 is 2. The van der Waals surface area contributed by atoms with E-state index in [-0.39, 0.29) is 18.0 Å². The van der Waals surface area contributed by atoms with Crippen molar-refractivity contribution in [2.45, 2.75) is 20.4 Å². The maximum absolute atomic E-state index is 13.2. The fourth-order valence-corrected chi connectivity index (χ4v) is 4.75. The van der Waals surface area contributed by atoms with E-state index in [1.165, 1.54) is 27.7 Å². The molecule has 0 saturated carbocycles. The molecule has 0 unspecified atom stereocenters. The van der Waals surface area contributed by atoms with Crippen LogP contribution in [-0.4, -0.2) is 65.7 Å². The Hall–Kier alpha value is -4.01.